The third-order valence-electron chi connectivity index (χ3n) is 2.87. The minimum Gasteiger partial charge on any atom is -0.504 e. The van der Waals surface area contributed by atoms with E-state index in [0.717, 1.165) is 26.3 Å². The summed E-state index contributed by atoms with van der Waals surface area (Å²) in [6.07, 6.45) is 0. The van der Waals surface area contributed by atoms with Gasteiger partial charge in [0.25, 0.3) is 0 Å². The van der Waals surface area contributed by atoms with Gasteiger partial charge in [-0.25, -0.2) is 4.98 Å². The molecule has 3 aromatic rings. The van der Waals surface area contributed by atoms with Gasteiger partial charge in [-0.1, -0.05) is 28.1 Å². The molecule has 0 fully saturated rings. The number of phenols is 2. The van der Waals surface area contributed by atoms with Gasteiger partial charge in [-0.2, -0.15) is 0 Å². The molecule has 0 saturated carbocycles. The van der Waals surface area contributed by atoms with Crippen molar-refractivity contribution in [3.05, 3.63) is 52.3 Å². The van der Waals surface area contributed by atoms with Crippen molar-refractivity contribution < 1.29 is 10.2 Å². The van der Waals surface area contributed by atoms with E-state index in [4.69, 9.17) is 0 Å². The van der Waals surface area contributed by atoms with Crippen LogP contribution in [0, 0.1) is 0 Å². The molecule has 0 aliphatic rings. The third-order valence-corrected chi connectivity index (χ3v) is 4.29. The number of benzene rings is 2. The summed E-state index contributed by atoms with van der Waals surface area (Å²) in [4.78, 5) is 4.56. The van der Waals surface area contributed by atoms with Crippen LogP contribution in [0.3, 0.4) is 0 Å². The number of hydrogen-bond acceptors (Lipinski definition) is 4. The van der Waals surface area contributed by atoms with Gasteiger partial charge in [0.15, 0.2) is 11.5 Å². The second-order valence-electron chi connectivity index (χ2n) is 4.25. The van der Waals surface area contributed by atoms with E-state index in [1.165, 1.54) is 23.5 Å². The molecule has 5 heteroatoms. The first kappa shape index (κ1) is 13.1. The van der Waals surface area contributed by atoms with Crippen molar-refractivity contribution >= 4 is 27.3 Å². The lowest BCUT2D eigenvalue weighted by Crippen LogP contribution is -1.80. The molecular formula is C15H10BrNO2S. The molecule has 0 bridgehead atoms. The predicted molar refractivity (Wildman–Crippen MR) is 84.0 cm³/mol. The Labute approximate surface area is 128 Å². The highest BCUT2D eigenvalue weighted by molar-refractivity contribution is 9.10. The highest BCUT2D eigenvalue weighted by Crippen LogP contribution is 2.34. The normalized spacial score (nSPS) is 10.7. The SMILES string of the molecule is Oc1ccc(-c2nc(-c3ccc(Br)cc3)cs2)cc1O. The maximum atomic E-state index is 9.54. The second-order valence-corrected chi connectivity index (χ2v) is 6.02. The number of phenolic OH excluding ortho intramolecular Hbond substituents is 2. The van der Waals surface area contributed by atoms with Crippen molar-refractivity contribution in [3.8, 4) is 33.3 Å². The standard InChI is InChI=1S/C15H10BrNO2S/c16-11-4-1-9(2-5-11)12-8-20-15(17-12)10-3-6-13(18)14(19)7-10/h1-8,18-19H. The molecule has 20 heavy (non-hydrogen) atoms. The van der Waals surface area contributed by atoms with Crippen LogP contribution in [0.2, 0.25) is 0 Å². The second kappa shape index (κ2) is 5.26. The van der Waals surface area contributed by atoms with Crippen LogP contribution in [-0.2, 0) is 0 Å². The summed E-state index contributed by atoms with van der Waals surface area (Å²) in [5, 5.41) is 21.6. The average Bonchev–Trinajstić information content (AvgIpc) is 2.92. The monoisotopic (exact) mass is 347 g/mol. The Morgan fingerprint density at radius 2 is 1.60 bits per heavy atom. The fourth-order valence-electron chi connectivity index (χ4n) is 1.82. The molecule has 2 aromatic carbocycles. The first-order valence-electron chi connectivity index (χ1n) is 5.87. The minimum atomic E-state index is -0.136. The molecule has 1 heterocycles. The highest BCUT2D eigenvalue weighted by Gasteiger charge is 2.08. The Bertz CT molecular complexity index is 753. The zero-order chi connectivity index (χ0) is 14.1. The molecule has 0 aliphatic carbocycles. The summed E-state index contributed by atoms with van der Waals surface area (Å²) in [7, 11) is 0. The zero-order valence-electron chi connectivity index (χ0n) is 10.2. The van der Waals surface area contributed by atoms with Gasteiger partial charge in [0, 0.05) is 21.0 Å². The molecule has 3 rings (SSSR count). The van der Waals surface area contributed by atoms with Crippen molar-refractivity contribution in [1.82, 2.24) is 4.98 Å². The van der Waals surface area contributed by atoms with Gasteiger partial charge in [0.1, 0.15) is 5.01 Å². The predicted octanol–water partition coefficient (Wildman–Crippen LogP) is 4.65. The van der Waals surface area contributed by atoms with Crippen LogP contribution in [0.4, 0.5) is 0 Å². The molecule has 2 N–H and O–H groups in total. The first-order chi connectivity index (χ1) is 9.63. The van der Waals surface area contributed by atoms with Crippen molar-refractivity contribution in [2.75, 3.05) is 0 Å². The lowest BCUT2D eigenvalue weighted by atomic mass is 10.2. The van der Waals surface area contributed by atoms with Gasteiger partial charge in [0.2, 0.25) is 0 Å². The topological polar surface area (TPSA) is 53.4 Å². The van der Waals surface area contributed by atoms with Gasteiger partial charge < -0.3 is 10.2 Å². The van der Waals surface area contributed by atoms with E-state index in [1.807, 2.05) is 29.6 Å². The van der Waals surface area contributed by atoms with Gasteiger partial charge in [-0.15, -0.1) is 11.3 Å². The molecule has 0 spiro atoms. The summed E-state index contributed by atoms with van der Waals surface area (Å²) in [6.45, 7) is 0. The largest absolute Gasteiger partial charge is 0.504 e. The lowest BCUT2D eigenvalue weighted by Gasteiger charge is -2.00. The molecule has 3 nitrogen and oxygen atoms in total. The van der Waals surface area contributed by atoms with Crippen molar-refractivity contribution in [2.45, 2.75) is 0 Å². The van der Waals surface area contributed by atoms with Crippen molar-refractivity contribution in [1.29, 1.82) is 0 Å². The Balaban J connectivity index is 1.97. The Hall–Kier alpha value is -1.85. The fraction of sp³-hybridized carbons (Fsp3) is 0. The molecule has 0 radical (unpaired) electrons. The van der Waals surface area contributed by atoms with E-state index in [2.05, 4.69) is 20.9 Å². The number of rotatable bonds is 2. The van der Waals surface area contributed by atoms with Crippen LogP contribution in [0.1, 0.15) is 0 Å². The molecule has 0 aliphatic heterocycles. The Kier molecular flexibility index (Phi) is 3.46. The first-order valence-corrected chi connectivity index (χ1v) is 7.54. The van der Waals surface area contributed by atoms with Crippen LogP contribution in [0.15, 0.2) is 52.3 Å². The summed E-state index contributed by atoms with van der Waals surface area (Å²) in [5.74, 6) is -0.263. The Morgan fingerprint density at radius 3 is 2.30 bits per heavy atom. The summed E-state index contributed by atoms with van der Waals surface area (Å²) in [6, 6.07) is 12.7. The van der Waals surface area contributed by atoms with Crippen LogP contribution in [0.25, 0.3) is 21.8 Å². The molecule has 0 unspecified atom stereocenters. The molecule has 0 atom stereocenters. The maximum absolute atomic E-state index is 9.54. The van der Waals surface area contributed by atoms with Gasteiger partial charge in [-0.05, 0) is 30.3 Å². The molecule has 0 amide bonds. The van der Waals surface area contributed by atoms with Crippen molar-refractivity contribution in [3.63, 3.8) is 0 Å². The highest BCUT2D eigenvalue weighted by atomic mass is 79.9. The van der Waals surface area contributed by atoms with Crippen molar-refractivity contribution in [2.24, 2.45) is 0 Å². The number of hydrogen-bond donors (Lipinski definition) is 2. The minimum absolute atomic E-state index is 0.126. The van der Waals surface area contributed by atoms with Gasteiger partial charge in [0.05, 0.1) is 5.69 Å². The van der Waals surface area contributed by atoms with Crippen LogP contribution < -0.4 is 0 Å². The molecular weight excluding hydrogens is 338 g/mol. The van der Waals surface area contributed by atoms with E-state index in [0.29, 0.717) is 0 Å². The number of nitrogens with zero attached hydrogens (tertiary/aromatic N) is 1. The van der Waals surface area contributed by atoms with Crippen LogP contribution >= 0.6 is 27.3 Å². The van der Waals surface area contributed by atoms with E-state index in [9.17, 15) is 10.2 Å². The van der Waals surface area contributed by atoms with Gasteiger partial charge in [-0.3, -0.25) is 0 Å². The zero-order valence-corrected chi connectivity index (χ0v) is 12.6. The molecule has 0 saturated heterocycles. The summed E-state index contributed by atoms with van der Waals surface area (Å²) in [5.41, 5.74) is 2.72. The number of halogens is 1. The molecule has 1 aromatic heterocycles. The third kappa shape index (κ3) is 2.55. The van der Waals surface area contributed by atoms with Gasteiger partial charge >= 0.3 is 0 Å². The van der Waals surface area contributed by atoms with E-state index >= 15 is 0 Å². The lowest BCUT2D eigenvalue weighted by molar-refractivity contribution is 0.404. The molecule has 100 valence electrons. The Morgan fingerprint density at radius 1 is 0.900 bits per heavy atom. The van der Waals surface area contributed by atoms with Crippen LogP contribution in [0.5, 0.6) is 11.5 Å². The fourth-order valence-corrected chi connectivity index (χ4v) is 2.91. The average molecular weight is 348 g/mol. The number of aromatic hydroxyl groups is 2. The smallest absolute Gasteiger partial charge is 0.158 e. The van der Waals surface area contributed by atoms with Crippen LogP contribution in [-0.4, -0.2) is 15.2 Å². The maximum Gasteiger partial charge on any atom is 0.158 e. The summed E-state index contributed by atoms with van der Waals surface area (Å²) < 4.78 is 1.03. The van der Waals surface area contributed by atoms with E-state index in [-0.39, 0.29) is 11.5 Å². The number of aromatic nitrogens is 1. The summed E-state index contributed by atoms with van der Waals surface area (Å²) >= 11 is 4.91. The van der Waals surface area contributed by atoms with E-state index in [1.54, 1.807) is 6.07 Å². The number of thiazole rings is 1. The van der Waals surface area contributed by atoms with E-state index < -0.39 is 0 Å². The quantitative estimate of drug-likeness (QED) is 0.663.